The van der Waals surface area contributed by atoms with E-state index in [2.05, 4.69) is 14.7 Å². The Balaban J connectivity index is 3.01. The molecule has 1 aromatic rings. The maximum Gasteiger partial charge on any atom is 0.325 e. The number of hydrogen-bond acceptors (Lipinski definition) is 4. The smallest absolute Gasteiger partial charge is 0.325 e. The van der Waals surface area contributed by atoms with E-state index in [1.165, 1.54) is 0 Å². The summed E-state index contributed by atoms with van der Waals surface area (Å²) < 4.78 is 3.70. The molecule has 0 saturated carbocycles. The highest BCUT2D eigenvalue weighted by atomic mass is 32.1. The van der Waals surface area contributed by atoms with Crippen molar-refractivity contribution in [3.63, 3.8) is 0 Å². The van der Waals surface area contributed by atoms with Crippen molar-refractivity contribution < 1.29 is 0 Å². The number of H-pyrrole nitrogens is 1. The van der Waals surface area contributed by atoms with Crippen LogP contribution in [-0.2, 0) is 0 Å². The maximum atomic E-state index is 10.3. The fourth-order valence-electron chi connectivity index (χ4n) is 0.338. The molecule has 1 heterocycles. The molecule has 5 heteroatoms. The van der Waals surface area contributed by atoms with Gasteiger partial charge in [-0.25, -0.2) is 0 Å². The van der Waals surface area contributed by atoms with Crippen molar-refractivity contribution in [3.05, 3.63) is 9.67 Å². The van der Waals surface area contributed by atoms with Crippen LogP contribution in [0.4, 0.5) is 5.95 Å². The van der Waals surface area contributed by atoms with Crippen LogP contribution in [0.5, 0.6) is 0 Å². The number of aromatic amines is 1. The number of hydrogen-bond donors (Lipinski definition) is 2. The highest BCUT2D eigenvalue weighted by molar-refractivity contribution is 7.03. The van der Waals surface area contributed by atoms with Gasteiger partial charge in [0.05, 0.1) is 0 Å². The monoisotopic (exact) mass is 131 g/mol. The van der Waals surface area contributed by atoms with E-state index in [0.717, 1.165) is 11.5 Å². The zero-order chi connectivity index (χ0) is 5.98. The Kier molecular flexibility index (Phi) is 1.29. The summed E-state index contributed by atoms with van der Waals surface area (Å²) in [5.41, 5.74) is 0. The zero-order valence-corrected chi connectivity index (χ0v) is 5.08. The van der Waals surface area contributed by atoms with Crippen molar-refractivity contribution in [2.45, 2.75) is 0 Å². The Morgan fingerprint density at radius 3 is 2.88 bits per heavy atom. The number of nitrogens with zero attached hydrogens (tertiary/aromatic N) is 1. The Morgan fingerprint density at radius 2 is 2.62 bits per heavy atom. The standard InChI is InChI=1S/C3H5N3OS/c1-4-2-5-3(7)8-6-2/h1H3,(H2,4,5,6,7). The Hall–Kier alpha value is -0.840. The fourth-order valence-corrected chi connectivity index (χ4v) is 0.791. The van der Waals surface area contributed by atoms with Gasteiger partial charge < -0.3 is 5.32 Å². The van der Waals surface area contributed by atoms with Gasteiger partial charge in [-0.15, -0.1) is 0 Å². The molecule has 0 spiro atoms. The topological polar surface area (TPSA) is 57.8 Å². The second-order valence-electron chi connectivity index (χ2n) is 1.19. The third-order valence-electron chi connectivity index (χ3n) is 0.677. The minimum absolute atomic E-state index is 0.130. The minimum atomic E-state index is -0.130. The van der Waals surface area contributed by atoms with Crippen molar-refractivity contribution in [2.24, 2.45) is 0 Å². The SMILES string of the molecule is CNc1nsc(=O)[nH]1. The summed E-state index contributed by atoms with van der Waals surface area (Å²) in [6.45, 7) is 0. The molecular weight excluding hydrogens is 126 g/mol. The van der Waals surface area contributed by atoms with Gasteiger partial charge in [0.15, 0.2) is 0 Å². The first-order valence-electron chi connectivity index (χ1n) is 2.06. The minimum Gasteiger partial charge on any atom is -0.358 e. The summed E-state index contributed by atoms with van der Waals surface area (Å²) in [4.78, 5) is 12.6. The van der Waals surface area contributed by atoms with E-state index in [1.54, 1.807) is 7.05 Å². The highest BCUT2D eigenvalue weighted by Crippen LogP contribution is 1.89. The third-order valence-corrected chi connectivity index (χ3v) is 1.22. The van der Waals surface area contributed by atoms with E-state index in [1.807, 2.05) is 0 Å². The summed E-state index contributed by atoms with van der Waals surface area (Å²) in [6, 6.07) is 0. The highest BCUT2D eigenvalue weighted by Gasteiger charge is 1.89. The zero-order valence-electron chi connectivity index (χ0n) is 4.26. The molecule has 0 amide bonds. The first-order chi connectivity index (χ1) is 3.83. The fraction of sp³-hybridized carbons (Fsp3) is 0.333. The van der Waals surface area contributed by atoms with Crippen molar-refractivity contribution in [3.8, 4) is 0 Å². The van der Waals surface area contributed by atoms with Gasteiger partial charge in [-0.1, -0.05) is 0 Å². The first kappa shape index (κ1) is 5.30. The molecule has 1 aromatic heterocycles. The van der Waals surface area contributed by atoms with Crippen LogP contribution in [0.2, 0.25) is 0 Å². The summed E-state index contributed by atoms with van der Waals surface area (Å²) in [5, 5.41) is 2.69. The lowest BCUT2D eigenvalue weighted by Crippen LogP contribution is -1.95. The van der Waals surface area contributed by atoms with Crippen molar-refractivity contribution in [1.82, 2.24) is 9.36 Å². The summed E-state index contributed by atoms with van der Waals surface area (Å²) in [6.07, 6.45) is 0. The van der Waals surface area contributed by atoms with E-state index in [9.17, 15) is 4.79 Å². The van der Waals surface area contributed by atoms with Crippen LogP contribution in [0.1, 0.15) is 0 Å². The lowest BCUT2D eigenvalue weighted by molar-refractivity contribution is 1.24. The van der Waals surface area contributed by atoms with Crippen LogP contribution in [-0.4, -0.2) is 16.4 Å². The van der Waals surface area contributed by atoms with Gasteiger partial charge in [0.1, 0.15) is 0 Å². The molecule has 8 heavy (non-hydrogen) atoms. The van der Waals surface area contributed by atoms with Crippen molar-refractivity contribution in [1.29, 1.82) is 0 Å². The number of nitrogens with one attached hydrogen (secondary N) is 2. The predicted octanol–water partition coefficient (Wildman–Crippen LogP) is -0.127. The average Bonchev–Trinajstić information content (AvgIpc) is 2.14. The van der Waals surface area contributed by atoms with E-state index in [4.69, 9.17) is 0 Å². The van der Waals surface area contributed by atoms with Gasteiger partial charge in [-0.2, -0.15) is 4.37 Å². The normalized spacial score (nSPS) is 9.12. The largest absolute Gasteiger partial charge is 0.358 e. The molecule has 0 aliphatic carbocycles. The molecule has 0 atom stereocenters. The Labute approximate surface area is 49.7 Å². The molecule has 2 N–H and O–H groups in total. The summed E-state index contributed by atoms with van der Waals surface area (Å²) in [5.74, 6) is 0.528. The quantitative estimate of drug-likeness (QED) is 0.558. The van der Waals surface area contributed by atoms with Crippen LogP contribution in [0, 0.1) is 0 Å². The number of rotatable bonds is 1. The Bertz CT molecular complexity index is 214. The van der Waals surface area contributed by atoms with Crippen LogP contribution in [0.3, 0.4) is 0 Å². The van der Waals surface area contributed by atoms with Crippen molar-refractivity contribution in [2.75, 3.05) is 12.4 Å². The van der Waals surface area contributed by atoms with Gasteiger partial charge in [0.25, 0.3) is 0 Å². The molecule has 0 aromatic carbocycles. The van der Waals surface area contributed by atoms with Crippen LogP contribution in [0.15, 0.2) is 4.79 Å². The van der Waals surface area contributed by atoms with E-state index < -0.39 is 0 Å². The molecular formula is C3H5N3OS. The van der Waals surface area contributed by atoms with E-state index in [-0.39, 0.29) is 4.87 Å². The summed E-state index contributed by atoms with van der Waals surface area (Å²) in [7, 11) is 1.70. The lowest BCUT2D eigenvalue weighted by Gasteiger charge is -1.83. The maximum absolute atomic E-state index is 10.3. The number of anilines is 1. The first-order valence-corrected chi connectivity index (χ1v) is 2.84. The molecule has 0 radical (unpaired) electrons. The molecule has 4 nitrogen and oxygen atoms in total. The van der Waals surface area contributed by atoms with Gasteiger partial charge >= 0.3 is 4.87 Å². The lowest BCUT2D eigenvalue weighted by atomic mass is 11.0. The molecule has 0 bridgehead atoms. The molecule has 0 saturated heterocycles. The molecule has 0 aliphatic rings. The van der Waals surface area contributed by atoms with Crippen molar-refractivity contribution >= 4 is 17.5 Å². The van der Waals surface area contributed by atoms with E-state index >= 15 is 0 Å². The molecule has 44 valence electrons. The molecule has 0 aliphatic heterocycles. The van der Waals surface area contributed by atoms with Gasteiger partial charge in [-0.05, 0) is 0 Å². The Morgan fingerprint density at radius 1 is 1.88 bits per heavy atom. The second-order valence-corrected chi connectivity index (χ2v) is 1.93. The van der Waals surface area contributed by atoms with Gasteiger partial charge in [0, 0.05) is 18.6 Å². The summed E-state index contributed by atoms with van der Waals surface area (Å²) >= 11 is 0.905. The van der Waals surface area contributed by atoms with E-state index in [0.29, 0.717) is 5.95 Å². The molecule has 0 unspecified atom stereocenters. The molecule has 1 rings (SSSR count). The second kappa shape index (κ2) is 1.95. The third kappa shape index (κ3) is 0.865. The average molecular weight is 131 g/mol. The molecule has 0 fully saturated rings. The van der Waals surface area contributed by atoms with Gasteiger partial charge in [0.2, 0.25) is 5.95 Å². The van der Waals surface area contributed by atoms with Gasteiger partial charge in [-0.3, -0.25) is 9.78 Å². The predicted molar refractivity (Wildman–Crippen MR) is 32.3 cm³/mol. The van der Waals surface area contributed by atoms with Crippen LogP contribution in [0.25, 0.3) is 0 Å². The number of aromatic nitrogens is 2. The van der Waals surface area contributed by atoms with Crippen LogP contribution >= 0.6 is 11.5 Å². The van der Waals surface area contributed by atoms with Crippen LogP contribution < -0.4 is 10.2 Å².